The molecule has 1 heterocycles. The zero-order valence-corrected chi connectivity index (χ0v) is 11.1. The van der Waals surface area contributed by atoms with E-state index in [-0.39, 0.29) is 0 Å². The van der Waals surface area contributed by atoms with Crippen LogP contribution in [0, 0.1) is 0 Å². The molecule has 1 aliphatic rings. The normalized spacial score (nSPS) is 18.6. The van der Waals surface area contributed by atoms with Gasteiger partial charge in [0, 0.05) is 18.8 Å². The number of benzene rings is 1. The van der Waals surface area contributed by atoms with E-state index >= 15 is 0 Å². The van der Waals surface area contributed by atoms with Crippen LogP contribution in [-0.2, 0) is 9.53 Å². The number of aliphatic carboxylic acids is 1. The van der Waals surface area contributed by atoms with Crippen LogP contribution in [-0.4, -0.2) is 53.7 Å². The Morgan fingerprint density at radius 2 is 1.80 bits per heavy atom. The van der Waals surface area contributed by atoms with Gasteiger partial charge in [0.05, 0.1) is 25.7 Å². The molecule has 0 aliphatic carbocycles. The summed E-state index contributed by atoms with van der Waals surface area (Å²) in [5.74, 6) is -1.14. The van der Waals surface area contributed by atoms with Gasteiger partial charge in [0.1, 0.15) is 6.10 Å². The highest BCUT2D eigenvalue weighted by Gasteiger charge is 2.21. The second kappa shape index (κ2) is 6.69. The summed E-state index contributed by atoms with van der Waals surface area (Å²) < 4.78 is 5.28. The second-order valence-electron chi connectivity index (χ2n) is 4.80. The monoisotopic (exact) mass is 281 g/mol. The van der Waals surface area contributed by atoms with Crippen LogP contribution < -0.4 is 4.90 Å². The van der Waals surface area contributed by atoms with Crippen molar-refractivity contribution in [1.29, 1.82) is 0 Å². The quantitative estimate of drug-likeness (QED) is 0.723. The molecular weight excluding hydrogens is 262 g/mol. The van der Waals surface area contributed by atoms with Crippen molar-refractivity contribution in [2.24, 2.45) is 0 Å². The van der Waals surface area contributed by atoms with Crippen LogP contribution in [0.1, 0.15) is 18.1 Å². The van der Waals surface area contributed by atoms with E-state index in [0.29, 0.717) is 18.8 Å². The van der Waals surface area contributed by atoms with E-state index in [0.717, 1.165) is 18.8 Å². The Balaban J connectivity index is 2.01. The molecule has 1 aromatic carbocycles. The lowest BCUT2D eigenvalue weighted by Crippen LogP contribution is -2.36. The first-order chi connectivity index (χ1) is 9.58. The molecule has 0 spiro atoms. The molecule has 2 rings (SSSR count). The van der Waals surface area contributed by atoms with E-state index in [1.807, 2.05) is 12.1 Å². The zero-order valence-electron chi connectivity index (χ0n) is 11.1. The SMILES string of the molecule is O=C(O)CC(O)C(O)c1ccc(N2CCOCC2)cc1. The number of nitrogens with zero attached hydrogens (tertiary/aromatic N) is 1. The van der Waals surface area contributed by atoms with Gasteiger partial charge in [-0.3, -0.25) is 4.79 Å². The third-order valence-electron chi connectivity index (χ3n) is 3.36. The third-order valence-corrected chi connectivity index (χ3v) is 3.36. The lowest BCUT2D eigenvalue weighted by molar-refractivity contribution is -0.141. The summed E-state index contributed by atoms with van der Waals surface area (Å²) in [6.07, 6.45) is -2.97. The van der Waals surface area contributed by atoms with Gasteiger partial charge in [-0.1, -0.05) is 12.1 Å². The number of ether oxygens (including phenoxy) is 1. The lowest BCUT2D eigenvalue weighted by Gasteiger charge is -2.29. The average Bonchev–Trinajstić information content (AvgIpc) is 2.47. The molecule has 0 amide bonds. The van der Waals surface area contributed by atoms with Crippen LogP contribution in [0.2, 0.25) is 0 Å². The summed E-state index contributed by atoms with van der Waals surface area (Å²) >= 11 is 0. The van der Waals surface area contributed by atoms with Crippen molar-refractivity contribution in [2.45, 2.75) is 18.6 Å². The molecule has 20 heavy (non-hydrogen) atoms. The minimum atomic E-state index is -1.30. The van der Waals surface area contributed by atoms with Crippen molar-refractivity contribution in [3.05, 3.63) is 29.8 Å². The van der Waals surface area contributed by atoms with Crippen LogP contribution in [0.15, 0.2) is 24.3 Å². The van der Waals surface area contributed by atoms with Crippen molar-refractivity contribution in [3.63, 3.8) is 0 Å². The number of rotatable bonds is 5. The fourth-order valence-electron chi connectivity index (χ4n) is 2.22. The largest absolute Gasteiger partial charge is 0.481 e. The van der Waals surface area contributed by atoms with Gasteiger partial charge < -0.3 is 25.0 Å². The predicted octanol–water partition coefficient (Wildman–Crippen LogP) is 0.392. The highest BCUT2D eigenvalue weighted by Crippen LogP contribution is 2.23. The number of hydrogen-bond donors (Lipinski definition) is 3. The maximum Gasteiger partial charge on any atom is 0.306 e. The molecule has 1 aliphatic heterocycles. The van der Waals surface area contributed by atoms with Crippen LogP contribution in [0.25, 0.3) is 0 Å². The standard InChI is InChI=1S/C14H19NO5/c16-12(9-13(17)18)14(19)10-1-3-11(4-2-10)15-5-7-20-8-6-15/h1-4,12,14,16,19H,5-9H2,(H,17,18). The molecule has 2 unspecified atom stereocenters. The van der Waals surface area contributed by atoms with Gasteiger partial charge in [0.2, 0.25) is 0 Å². The van der Waals surface area contributed by atoms with Crippen molar-refractivity contribution < 1.29 is 24.9 Å². The summed E-state index contributed by atoms with van der Waals surface area (Å²) in [4.78, 5) is 12.7. The molecule has 0 aromatic heterocycles. The van der Waals surface area contributed by atoms with Crippen molar-refractivity contribution in [1.82, 2.24) is 0 Å². The predicted molar refractivity (Wildman–Crippen MR) is 72.7 cm³/mol. The van der Waals surface area contributed by atoms with Crippen molar-refractivity contribution in [2.75, 3.05) is 31.2 Å². The molecule has 110 valence electrons. The van der Waals surface area contributed by atoms with Gasteiger partial charge in [0.15, 0.2) is 0 Å². The van der Waals surface area contributed by atoms with Crippen LogP contribution in [0.3, 0.4) is 0 Å². The number of anilines is 1. The Morgan fingerprint density at radius 3 is 2.35 bits per heavy atom. The highest BCUT2D eigenvalue weighted by atomic mass is 16.5. The summed E-state index contributed by atoms with van der Waals surface area (Å²) in [5, 5.41) is 28.1. The van der Waals surface area contributed by atoms with E-state index < -0.39 is 24.6 Å². The molecule has 6 heteroatoms. The number of aliphatic hydroxyl groups is 2. The topological polar surface area (TPSA) is 90.2 Å². The Hall–Kier alpha value is -1.63. The van der Waals surface area contributed by atoms with Gasteiger partial charge in [-0.25, -0.2) is 0 Å². The zero-order chi connectivity index (χ0) is 14.5. The van der Waals surface area contributed by atoms with E-state index in [1.165, 1.54) is 0 Å². The Labute approximate surface area is 117 Å². The summed E-state index contributed by atoms with van der Waals surface area (Å²) in [6, 6.07) is 7.13. The molecule has 0 bridgehead atoms. The number of hydrogen-bond acceptors (Lipinski definition) is 5. The minimum Gasteiger partial charge on any atom is -0.481 e. The maximum atomic E-state index is 10.5. The molecule has 3 N–H and O–H groups in total. The number of carbonyl (C=O) groups is 1. The van der Waals surface area contributed by atoms with E-state index in [4.69, 9.17) is 9.84 Å². The lowest BCUT2D eigenvalue weighted by atomic mass is 10.0. The molecular formula is C14H19NO5. The second-order valence-corrected chi connectivity index (χ2v) is 4.80. The van der Waals surface area contributed by atoms with Crippen LogP contribution in [0.4, 0.5) is 5.69 Å². The molecule has 1 saturated heterocycles. The Bertz CT molecular complexity index is 441. The van der Waals surface area contributed by atoms with Gasteiger partial charge in [-0.15, -0.1) is 0 Å². The highest BCUT2D eigenvalue weighted by molar-refractivity contribution is 5.67. The maximum absolute atomic E-state index is 10.5. The number of carboxylic acids is 1. The molecule has 6 nitrogen and oxygen atoms in total. The molecule has 1 fully saturated rings. The minimum absolute atomic E-state index is 0.480. The van der Waals surface area contributed by atoms with Gasteiger partial charge in [-0.05, 0) is 17.7 Å². The molecule has 0 radical (unpaired) electrons. The van der Waals surface area contributed by atoms with Crippen molar-refractivity contribution in [3.8, 4) is 0 Å². The fourth-order valence-corrected chi connectivity index (χ4v) is 2.22. The van der Waals surface area contributed by atoms with Gasteiger partial charge in [-0.2, -0.15) is 0 Å². The van der Waals surface area contributed by atoms with Crippen molar-refractivity contribution >= 4 is 11.7 Å². The molecule has 1 aromatic rings. The van der Waals surface area contributed by atoms with E-state index in [1.54, 1.807) is 12.1 Å². The van der Waals surface area contributed by atoms with Gasteiger partial charge >= 0.3 is 5.97 Å². The summed E-state index contributed by atoms with van der Waals surface area (Å²) in [5.41, 5.74) is 1.53. The first kappa shape index (κ1) is 14.8. The Kier molecular flexibility index (Phi) is 4.94. The fraction of sp³-hybridized carbons (Fsp3) is 0.500. The average molecular weight is 281 g/mol. The third kappa shape index (κ3) is 3.69. The first-order valence-electron chi connectivity index (χ1n) is 6.58. The van der Waals surface area contributed by atoms with Gasteiger partial charge in [0.25, 0.3) is 0 Å². The smallest absolute Gasteiger partial charge is 0.306 e. The van der Waals surface area contributed by atoms with E-state index in [2.05, 4.69) is 4.90 Å². The van der Waals surface area contributed by atoms with Crippen LogP contribution >= 0.6 is 0 Å². The summed E-state index contributed by atoms with van der Waals surface area (Å²) in [6.45, 7) is 3.04. The number of carboxylic acid groups (broad SMARTS) is 1. The molecule has 2 atom stereocenters. The van der Waals surface area contributed by atoms with E-state index in [9.17, 15) is 15.0 Å². The van der Waals surface area contributed by atoms with Crippen LogP contribution in [0.5, 0.6) is 0 Å². The Morgan fingerprint density at radius 1 is 1.20 bits per heavy atom. The molecule has 0 saturated carbocycles. The first-order valence-corrected chi connectivity index (χ1v) is 6.58. The number of morpholine rings is 1. The summed E-state index contributed by atoms with van der Waals surface area (Å²) in [7, 11) is 0. The number of aliphatic hydroxyl groups excluding tert-OH is 2.